The maximum atomic E-state index is 12.7. The highest BCUT2D eigenvalue weighted by atomic mass is 32.1. The Labute approximate surface area is 214 Å². The number of urea groups is 1. The number of carbonyl (C=O) groups is 1. The van der Waals surface area contributed by atoms with E-state index in [-0.39, 0.29) is 18.2 Å². The van der Waals surface area contributed by atoms with Gasteiger partial charge in [-0.25, -0.2) is 9.78 Å². The number of benzene rings is 2. The van der Waals surface area contributed by atoms with Gasteiger partial charge in [0.15, 0.2) is 0 Å². The molecule has 2 aliphatic rings. The fraction of sp³-hybridized carbons (Fsp3) is 0.357. The molecule has 5 rings (SSSR count). The lowest BCUT2D eigenvalue weighted by Crippen LogP contribution is -2.38. The molecular formula is C28H28N4O3S. The molecule has 2 amide bonds. The van der Waals surface area contributed by atoms with Crippen LogP contribution in [0.3, 0.4) is 0 Å². The number of likely N-dealkylation sites (tertiary alicyclic amines) is 1. The van der Waals surface area contributed by atoms with Crippen molar-refractivity contribution in [1.82, 2.24) is 9.88 Å². The second kappa shape index (κ2) is 10.2. The van der Waals surface area contributed by atoms with Gasteiger partial charge >= 0.3 is 6.03 Å². The highest BCUT2D eigenvalue weighted by Crippen LogP contribution is 2.38. The SMILES string of the molecule is CC(C)Oc1ccc(-c2ncc(-c3cccc4c3CC/C4=N/C(=O)N3CCC(O)CC3)s2)cc1C#N. The normalized spacial score (nSPS) is 16.9. The van der Waals surface area contributed by atoms with Crippen molar-refractivity contribution in [2.75, 3.05) is 13.1 Å². The van der Waals surface area contributed by atoms with Crippen molar-refractivity contribution in [2.24, 2.45) is 4.99 Å². The molecule has 8 heteroatoms. The second-order valence-corrected chi connectivity index (χ2v) is 10.4. The smallest absolute Gasteiger partial charge is 0.343 e. The van der Waals surface area contributed by atoms with Crippen molar-refractivity contribution in [3.05, 3.63) is 59.3 Å². The van der Waals surface area contributed by atoms with E-state index in [1.807, 2.05) is 50.4 Å². The van der Waals surface area contributed by atoms with Crippen molar-refractivity contribution >= 4 is 23.1 Å². The minimum Gasteiger partial charge on any atom is -0.490 e. The van der Waals surface area contributed by atoms with Crippen molar-refractivity contribution in [3.63, 3.8) is 0 Å². The Bertz CT molecular complexity index is 1360. The molecule has 2 aromatic carbocycles. The number of aliphatic hydroxyl groups excluding tert-OH is 1. The first-order chi connectivity index (χ1) is 17.4. The van der Waals surface area contributed by atoms with E-state index in [0.717, 1.165) is 45.1 Å². The lowest BCUT2D eigenvalue weighted by Gasteiger charge is -2.28. The highest BCUT2D eigenvalue weighted by molar-refractivity contribution is 7.18. The molecule has 0 bridgehead atoms. The van der Waals surface area contributed by atoms with Gasteiger partial charge in [0.2, 0.25) is 0 Å². The first-order valence-corrected chi connectivity index (χ1v) is 13.1. The molecule has 1 saturated heterocycles. The number of aromatic nitrogens is 1. The van der Waals surface area contributed by atoms with E-state index in [0.29, 0.717) is 37.2 Å². The molecule has 184 valence electrons. The van der Waals surface area contributed by atoms with Gasteiger partial charge in [-0.05, 0) is 68.9 Å². The zero-order valence-electron chi connectivity index (χ0n) is 20.4. The second-order valence-electron chi connectivity index (χ2n) is 9.41. The number of fused-ring (bicyclic) bond motifs is 1. The Kier molecular flexibility index (Phi) is 6.86. The third-order valence-corrected chi connectivity index (χ3v) is 7.62. The van der Waals surface area contributed by atoms with Crippen LogP contribution < -0.4 is 4.74 Å². The molecular weight excluding hydrogens is 472 g/mol. The predicted molar refractivity (Wildman–Crippen MR) is 141 cm³/mol. The standard InChI is InChI=1S/C28H28N4O3S/c1-17(2)35-25-9-6-18(14-19(25)15-29)27-30-16-26(36-27)23-5-3-4-22-21(23)7-8-24(22)31-28(34)32-12-10-20(33)11-13-32/h3-6,9,14,16-17,20,33H,7-8,10-13H2,1-2H3/b31-24-. The third-order valence-electron chi connectivity index (χ3n) is 6.55. The first-order valence-electron chi connectivity index (χ1n) is 12.3. The van der Waals surface area contributed by atoms with Crippen LogP contribution >= 0.6 is 11.3 Å². The quantitative estimate of drug-likeness (QED) is 0.514. The van der Waals surface area contributed by atoms with E-state index < -0.39 is 0 Å². The average molecular weight is 501 g/mol. The van der Waals surface area contributed by atoms with Gasteiger partial charge in [-0.1, -0.05) is 18.2 Å². The van der Waals surface area contributed by atoms with E-state index >= 15 is 0 Å². The van der Waals surface area contributed by atoms with E-state index in [1.165, 1.54) is 5.56 Å². The molecule has 7 nitrogen and oxygen atoms in total. The Hall–Kier alpha value is -3.54. The van der Waals surface area contributed by atoms with Gasteiger partial charge < -0.3 is 14.7 Å². The summed E-state index contributed by atoms with van der Waals surface area (Å²) in [5.41, 5.74) is 5.52. The minimum atomic E-state index is -0.321. The summed E-state index contributed by atoms with van der Waals surface area (Å²) in [6, 6.07) is 13.7. The van der Waals surface area contributed by atoms with Gasteiger partial charge in [0.05, 0.1) is 28.4 Å². The van der Waals surface area contributed by atoms with Gasteiger partial charge in [-0.2, -0.15) is 10.3 Å². The Balaban J connectivity index is 1.40. The first kappa shape index (κ1) is 24.2. The van der Waals surface area contributed by atoms with Crippen molar-refractivity contribution in [2.45, 2.75) is 51.7 Å². The van der Waals surface area contributed by atoms with Crippen LogP contribution in [0, 0.1) is 11.3 Å². The van der Waals surface area contributed by atoms with Crippen molar-refractivity contribution in [3.8, 4) is 32.8 Å². The Morgan fingerprint density at radius 2 is 2.00 bits per heavy atom. The van der Waals surface area contributed by atoms with Crippen LogP contribution in [-0.4, -0.2) is 52.0 Å². The highest BCUT2D eigenvalue weighted by Gasteiger charge is 2.26. The molecule has 1 aromatic heterocycles. The number of amides is 2. The minimum absolute atomic E-state index is 0.00827. The molecule has 1 N–H and O–H groups in total. The Morgan fingerprint density at radius 1 is 1.22 bits per heavy atom. The number of thiazole rings is 1. The predicted octanol–water partition coefficient (Wildman–Crippen LogP) is 5.45. The summed E-state index contributed by atoms with van der Waals surface area (Å²) in [5.74, 6) is 0.580. The summed E-state index contributed by atoms with van der Waals surface area (Å²) in [6.45, 7) is 4.97. The van der Waals surface area contributed by atoms with Crippen molar-refractivity contribution in [1.29, 1.82) is 5.26 Å². The van der Waals surface area contributed by atoms with Gasteiger partial charge in [0, 0.05) is 30.4 Å². The molecule has 2 heterocycles. The topological polar surface area (TPSA) is 98.8 Å². The number of ether oxygens (including phenoxy) is 1. The molecule has 0 spiro atoms. The van der Waals surface area contributed by atoms with Crippen LogP contribution in [0.2, 0.25) is 0 Å². The monoisotopic (exact) mass is 500 g/mol. The molecule has 0 saturated carbocycles. The number of piperidine rings is 1. The van der Waals surface area contributed by atoms with Crippen molar-refractivity contribution < 1.29 is 14.6 Å². The molecule has 36 heavy (non-hydrogen) atoms. The van der Waals surface area contributed by atoms with Crippen LogP contribution in [0.1, 0.15) is 49.8 Å². The lowest BCUT2D eigenvalue weighted by atomic mass is 10.0. The summed E-state index contributed by atoms with van der Waals surface area (Å²) in [5, 5.41) is 20.1. The zero-order chi connectivity index (χ0) is 25.2. The number of aliphatic imine (C=N–C) groups is 1. The lowest BCUT2D eigenvalue weighted by molar-refractivity contribution is 0.0962. The van der Waals surface area contributed by atoms with E-state index in [1.54, 1.807) is 16.2 Å². The molecule has 1 aliphatic heterocycles. The van der Waals surface area contributed by atoms with Gasteiger partial charge in [0.1, 0.15) is 16.8 Å². The summed E-state index contributed by atoms with van der Waals surface area (Å²) < 4.78 is 5.74. The molecule has 0 radical (unpaired) electrons. The van der Waals surface area contributed by atoms with Crippen LogP contribution in [-0.2, 0) is 6.42 Å². The number of nitrogens with zero attached hydrogens (tertiary/aromatic N) is 4. The van der Waals surface area contributed by atoms with Gasteiger partial charge in [0.25, 0.3) is 0 Å². The van der Waals surface area contributed by atoms with Crippen LogP contribution in [0.25, 0.3) is 21.0 Å². The van der Waals surface area contributed by atoms with Gasteiger partial charge in [-0.15, -0.1) is 11.3 Å². The summed E-state index contributed by atoms with van der Waals surface area (Å²) >= 11 is 1.58. The number of hydrogen-bond donors (Lipinski definition) is 1. The molecule has 1 aliphatic carbocycles. The fourth-order valence-corrected chi connectivity index (χ4v) is 5.70. The molecule has 3 aromatic rings. The maximum Gasteiger partial charge on any atom is 0.343 e. The molecule has 0 atom stereocenters. The molecule has 1 fully saturated rings. The van der Waals surface area contributed by atoms with Gasteiger partial charge in [-0.3, -0.25) is 0 Å². The number of rotatable bonds is 4. The number of hydrogen-bond acceptors (Lipinski definition) is 6. The summed E-state index contributed by atoms with van der Waals surface area (Å²) in [7, 11) is 0. The fourth-order valence-electron chi connectivity index (χ4n) is 4.73. The third kappa shape index (κ3) is 4.90. The maximum absolute atomic E-state index is 12.7. The number of nitriles is 1. The largest absolute Gasteiger partial charge is 0.490 e. The molecule has 0 unspecified atom stereocenters. The van der Waals surface area contributed by atoms with Crippen LogP contribution in [0.4, 0.5) is 4.79 Å². The summed E-state index contributed by atoms with van der Waals surface area (Å²) in [4.78, 5) is 24.6. The average Bonchev–Trinajstić information content (AvgIpc) is 3.52. The zero-order valence-corrected chi connectivity index (χ0v) is 21.2. The van der Waals surface area contributed by atoms with E-state index in [2.05, 4.69) is 22.1 Å². The number of carbonyl (C=O) groups excluding carboxylic acids is 1. The number of aliphatic hydroxyl groups is 1. The van der Waals surface area contributed by atoms with E-state index in [9.17, 15) is 15.2 Å². The van der Waals surface area contributed by atoms with Crippen LogP contribution in [0.5, 0.6) is 5.75 Å². The van der Waals surface area contributed by atoms with Crippen LogP contribution in [0.15, 0.2) is 47.6 Å². The Morgan fingerprint density at radius 3 is 2.75 bits per heavy atom. The summed E-state index contributed by atoms with van der Waals surface area (Å²) in [6.07, 6.45) is 4.30. The van der Waals surface area contributed by atoms with E-state index in [4.69, 9.17) is 4.74 Å².